The third-order valence-electron chi connectivity index (χ3n) is 5.29. The summed E-state index contributed by atoms with van der Waals surface area (Å²) in [6, 6.07) is 26.9. The molecule has 1 aromatic heterocycles. The van der Waals surface area contributed by atoms with Crippen LogP contribution in [0.3, 0.4) is 0 Å². The number of hydrogen-bond donors (Lipinski definition) is 2. The molecule has 2 N–H and O–H groups in total. The Kier molecular flexibility index (Phi) is 8.01. The molecule has 36 heavy (non-hydrogen) atoms. The number of carbonyl (C=O) groups is 3. The average Bonchev–Trinajstić information content (AvgIpc) is 3.42. The summed E-state index contributed by atoms with van der Waals surface area (Å²) in [6.45, 7) is 2.01. The molecule has 0 radical (unpaired) electrons. The molecule has 4 aromatic rings. The van der Waals surface area contributed by atoms with E-state index in [9.17, 15) is 14.4 Å². The first kappa shape index (κ1) is 24.6. The van der Waals surface area contributed by atoms with Crippen LogP contribution in [-0.4, -0.2) is 17.6 Å². The molecule has 0 saturated carbocycles. The molecule has 0 fully saturated rings. The number of amides is 2. The number of hydrogen-bond acceptors (Lipinski definition) is 4. The van der Waals surface area contributed by atoms with Crippen molar-refractivity contribution in [1.29, 1.82) is 0 Å². The lowest BCUT2D eigenvalue weighted by Gasteiger charge is -2.11. The van der Waals surface area contributed by atoms with Gasteiger partial charge in [-0.15, -0.1) is 11.3 Å². The first-order valence-corrected chi connectivity index (χ1v) is 12.2. The van der Waals surface area contributed by atoms with Gasteiger partial charge in [0.25, 0.3) is 11.8 Å². The fourth-order valence-electron chi connectivity index (χ4n) is 3.32. The van der Waals surface area contributed by atoms with Crippen LogP contribution in [0.2, 0.25) is 0 Å². The highest BCUT2D eigenvalue weighted by Gasteiger charge is 2.15. The molecule has 0 saturated heterocycles. The molecule has 6 heteroatoms. The lowest BCUT2D eigenvalue weighted by Crippen LogP contribution is -2.30. The second kappa shape index (κ2) is 11.7. The van der Waals surface area contributed by atoms with Crippen molar-refractivity contribution in [2.45, 2.75) is 6.92 Å². The summed E-state index contributed by atoms with van der Waals surface area (Å²) in [4.78, 5) is 39.1. The topological polar surface area (TPSA) is 75.3 Å². The molecular formula is C30H24N2O3S. The number of aryl methyl sites for hydroxylation is 1. The highest BCUT2D eigenvalue weighted by Crippen LogP contribution is 2.16. The van der Waals surface area contributed by atoms with Gasteiger partial charge in [0, 0.05) is 21.7 Å². The molecule has 2 amide bonds. The predicted molar refractivity (Wildman–Crippen MR) is 146 cm³/mol. The van der Waals surface area contributed by atoms with Gasteiger partial charge >= 0.3 is 0 Å². The van der Waals surface area contributed by atoms with Crippen LogP contribution in [0.4, 0.5) is 5.69 Å². The predicted octanol–water partition coefficient (Wildman–Crippen LogP) is 6.36. The zero-order valence-corrected chi connectivity index (χ0v) is 20.4. The van der Waals surface area contributed by atoms with Crippen molar-refractivity contribution in [2.75, 3.05) is 5.32 Å². The third kappa shape index (κ3) is 6.74. The fraction of sp³-hybridized carbons (Fsp3) is 0.0333. The zero-order valence-electron chi connectivity index (χ0n) is 19.6. The molecule has 0 aliphatic rings. The maximum Gasteiger partial charge on any atom is 0.272 e. The lowest BCUT2D eigenvalue weighted by atomic mass is 10.1. The minimum absolute atomic E-state index is 0.118. The molecular weight excluding hydrogens is 468 g/mol. The smallest absolute Gasteiger partial charge is 0.272 e. The number of nitrogens with one attached hydrogen (secondary N) is 2. The first-order chi connectivity index (χ1) is 17.5. The van der Waals surface area contributed by atoms with Crippen LogP contribution >= 0.6 is 11.3 Å². The molecule has 0 unspecified atom stereocenters. The van der Waals surface area contributed by atoms with Crippen LogP contribution in [0.5, 0.6) is 0 Å². The van der Waals surface area contributed by atoms with Crippen LogP contribution in [0.25, 0.3) is 12.2 Å². The zero-order chi connectivity index (χ0) is 25.3. The number of thiophene rings is 1. The summed E-state index contributed by atoms with van der Waals surface area (Å²) < 4.78 is 0. The van der Waals surface area contributed by atoms with Crippen molar-refractivity contribution in [3.8, 4) is 0 Å². The van der Waals surface area contributed by atoms with Gasteiger partial charge in [0.05, 0.1) is 0 Å². The molecule has 5 nitrogen and oxygen atoms in total. The van der Waals surface area contributed by atoms with Gasteiger partial charge in [-0.3, -0.25) is 14.4 Å². The summed E-state index contributed by atoms with van der Waals surface area (Å²) in [6.07, 6.45) is 4.93. The van der Waals surface area contributed by atoms with E-state index in [2.05, 4.69) is 10.6 Å². The number of anilines is 1. The van der Waals surface area contributed by atoms with E-state index in [0.29, 0.717) is 16.8 Å². The van der Waals surface area contributed by atoms with Crippen molar-refractivity contribution in [3.05, 3.63) is 135 Å². The van der Waals surface area contributed by atoms with Crippen LogP contribution < -0.4 is 10.6 Å². The summed E-state index contributed by atoms with van der Waals surface area (Å²) in [5.74, 6) is -0.984. The Morgan fingerprint density at radius 3 is 2.17 bits per heavy atom. The maximum absolute atomic E-state index is 13.0. The standard InChI is InChI=1S/C30H24N2O3S/c1-21-9-11-22(12-10-21)13-18-28(33)23-14-16-25(17-15-23)31-30(35)27(20-26-8-5-19-36-26)32-29(34)24-6-3-2-4-7-24/h2-20H,1H3,(H,31,35)(H,32,34)/b18-13+,27-20-. The van der Waals surface area contributed by atoms with Crippen molar-refractivity contribution in [1.82, 2.24) is 5.32 Å². The third-order valence-corrected chi connectivity index (χ3v) is 6.11. The number of carbonyl (C=O) groups excluding carboxylic acids is 3. The first-order valence-electron chi connectivity index (χ1n) is 11.3. The van der Waals surface area contributed by atoms with Crippen molar-refractivity contribution in [2.24, 2.45) is 0 Å². The van der Waals surface area contributed by atoms with Crippen LogP contribution in [0, 0.1) is 6.92 Å². The summed E-state index contributed by atoms with van der Waals surface area (Å²) in [7, 11) is 0. The quantitative estimate of drug-likeness (QED) is 0.222. The Morgan fingerprint density at radius 2 is 1.50 bits per heavy atom. The number of rotatable bonds is 8. The summed E-state index contributed by atoms with van der Waals surface area (Å²) in [5, 5.41) is 7.40. The molecule has 178 valence electrons. The maximum atomic E-state index is 13.0. The van der Waals surface area contributed by atoms with E-state index in [0.717, 1.165) is 16.0 Å². The van der Waals surface area contributed by atoms with Crippen molar-refractivity contribution >= 4 is 46.8 Å². The molecule has 3 aromatic carbocycles. The van der Waals surface area contributed by atoms with Gasteiger partial charge in [-0.2, -0.15) is 0 Å². The normalized spacial score (nSPS) is 11.3. The molecule has 0 atom stereocenters. The van der Waals surface area contributed by atoms with Crippen molar-refractivity contribution < 1.29 is 14.4 Å². The van der Waals surface area contributed by atoms with E-state index in [4.69, 9.17) is 0 Å². The van der Waals surface area contributed by atoms with E-state index >= 15 is 0 Å². The SMILES string of the molecule is Cc1ccc(/C=C/C(=O)c2ccc(NC(=O)/C(=C/c3cccs3)NC(=O)c3ccccc3)cc2)cc1. The van der Waals surface area contributed by atoms with E-state index in [1.807, 2.05) is 54.8 Å². The molecule has 4 rings (SSSR count). The largest absolute Gasteiger partial charge is 0.321 e. The summed E-state index contributed by atoms with van der Waals surface area (Å²) in [5.41, 5.74) is 3.68. The Labute approximate surface area is 213 Å². The highest BCUT2D eigenvalue weighted by atomic mass is 32.1. The molecule has 0 spiro atoms. The van der Waals surface area contributed by atoms with Gasteiger partial charge in [0.15, 0.2) is 5.78 Å². The van der Waals surface area contributed by atoms with Gasteiger partial charge in [0.2, 0.25) is 0 Å². The fourth-order valence-corrected chi connectivity index (χ4v) is 3.98. The number of benzene rings is 3. The van der Waals surface area contributed by atoms with E-state index in [-0.39, 0.29) is 17.4 Å². The van der Waals surface area contributed by atoms with Gasteiger partial charge in [-0.1, -0.05) is 60.2 Å². The van der Waals surface area contributed by atoms with E-state index < -0.39 is 5.91 Å². The summed E-state index contributed by atoms with van der Waals surface area (Å²) >= 11 is 1.45. The van der Waals surface area contributed by atoms with Gasteiger partial charge in [-0.25, -0.2) is 0 Å². The van der Waals surface area contributed by atoms with Crippen LogP contribution in [0.1, 0.15) is 36.7 Å². The Bertz CT molecular complexity index is 1400. The molecule has 1 heterocycles. The Balaban J connectivity index is 1.45. The van der Waals surface area contributed by atoms with E-state index in [1.165, 1.54) is 17.4 Å². The second-order valence-corrected chi connectivity index (χ2v) is 9.01. The van der Waals surface area contributed by atoms with Gasteiger partial charge in [-0.05, 0) is 72.5 Å². The van der Waals surface area contributed by atoms with E-state index in [1.54, 1.807) is 60.7 Å². The minimum Gasteiger partial charge on any atom is -0.321 e. The molecule has 0 aliphatic heterocycles. The van der Waals surface area contributed by atoms with Crippen LogP contribution in [0.15, 0.2) is 108 Å². The Hall–Kier alpha value is -4.55. The number of allylic oxidation sites excluding steroid dienone is 1. The highest BCUT2D eigenvalue weighted by molar-refractivity contribution is 7.10. The lowest BCUT2D eigenvalue weighted by molar-refractivity contribution is -0.113. The number of ketones is 1. The monoisotopic (exact) mass is 492 g/mol. The van der Waals surface area contributed by atoms with Crippen molar-refractivity contribution in [3.63, 3.8) is 0 Å². The second-order valence-electron chi connectivity index (χ2n) is 8.03. The molecule has 0 bridgehead atoms. The molecule has 0 aliphatic carbocycles. The average molecular weight is 493 g/mol. The van der Waals surface area contributed by atoms with Gasteiger partial charge < -0.3 is 10.6 Å². The van der Waals surface area contributed by atoms with Crippen LogP contribution in [-0.2, 0) is 4.79 Å². The Morgan fingerprint density at radius 1 is 0.778 bits per heavy atom. The minimum atomic E-state index is -0.467. The van der Waals surface area contributed by atoms with Gasteiger partial charge in [0.1, 0.15) is 5.70 Å².